The van der Waals surface area contributed by atoms with Crippen molar-refractivity contribution in [1.29, 1.82) is 5.26 Å². The maximum absolute atomic E-state index is 15.1. The number of hydrogen-bond acceptors (Lipinski definition) is 7. The highest BCUT2D eigenvalue weighted by Crippen LogP contribution is 2.66. The molecular weight excluding hydrogens is 455 g/mol. The van der Waals surface area contributed by atoms with Crippen LogP contribution in [0.3, 0.4) is 0 Å². The number of nitriles is 1. The topological polar surface area (TPSA) is 133 Å². The number of halogens is 1. The van der Waals surface area contributed by atoms with Crippen LogP contribution in [0.25, 0.3) is 0 Å². The van der Waals surface area contributed by atoms with Gasteiger partial charge in [0, 0.05) is 28.9 Å². The predicted octanol–water partition coefficient (Wildman–Crippen LogP) is 3.29. The standard InChI is InChI=1S/C24H25FN6O2S/c1-22(2,3)30-20(33)24-10-18(24)23(4,31-21(27)34-24)15-9-14(6-7-16(15)25)29-19(32)17-8-5-13(11-26)12-28-17/h5-9,12,18H,10H2,1-4H3,(H2,27,31)(H,29,32)(H,30,33)/t18-,23+,24-/m0/s1. The van der Waals surface area contributed by atoms with Gasteiger partial charge in [-0.2, -0.15) is 5.26 Å². The molecule has 2 heterocycles. The molecule has 0 radical (unpaired) electrons. The zero-order chi connectivity index (χ0) is 24.9. The van der Waals surface area contributed by atoms with Crippen LogP contribution in [0.5, 0.6) is 0 Å². The summed E-state index contributed by atoms with van der Waals surface area (Å²) in [6.07, 6.45) is 1.81. The molecule has 0 spiro atoms. The van der Waals surface area contributed by atoms with Gasteiger partial charge in [0.15, 0.2) is 5.17 Å². The van der Waals surface area contributed by atoms with Crippen molar-refractivity contribution < 1.29 is 14.0 Å². The van der Waals surface area contributed by atoms with Gasteiger partial charge in [0.25, 0.3) is 5.91 Å². The fraction of sp³-hybridized carbons (Fsp3) is 0.375. The number of amides is 2. The summed E-state index contributed by atoms with van der Waals surface area (Å²) in [5.41, 5.74) is 5.68. The highest BCUT2D eigenvalue weighted by atomic mass is 32.2. The molecule has 4 N–H and O–H groups in total. The number of carbonyl (C=O) groups is 2. The van der Waals surface area contributed by atoms with Crippen LogP contribution in [0.1, 0.15) is 55.7 Å². The number of aromatic nitrogens is 1. The second-order valence-electron chi connectivity index (χ2n) is 9.74. The first-order valence-corrected chi connectivity index (χ1v) is 11.5. The maximum Gasteiger partial charge on any atom is 0.274 e. The average molecular weight is 481 g/mol. The molecule has 1 aliphatic carbocycles. The molecule has 1 fully saturated rings. The van der Waals surface area contributed by atoms with E-state index < -0.39 is 27.5 Å². The number of hydrogen-bond donors (Lipinski definition) is 3. The summed E-state index contributed by atoms with van der Waals surface area (Å²) >= 11 is 1.22. The van der Waals surface area contributed by atoms with Crippen LogP contribution in [0.2, 0.25) is 0 Å². The largest absolute Gasteiger partial charge is 0.378 e. The highest BCUT2D eigenvalue weighted by Gasteiger charge is 2.70. The Morgan fingerprint density at radius 1 is 1.29 bits per heavy atom. The third kappa shape index (κ3) is 4.23. The van der Waals surface area contributed by atoms with Crippen LogP contribution < -0.4 is 16.4 Å². The summed E-state index contributed by atoms with van der Waals surface area (Å²) in [5, 5.41) is 14.8. The van der Waals surface area contributed by atoms with Gasteiger partial charge in [-0.05, 0) is 64.4 Å². The van der Waals surface area contributed by atoms with E-state index in [-0.39, 0.29) is 28.3 Å². The number of aliphatic imine (C=N–C) groups is 1. The molecule has 10 heteroatoms. The molecular formula is C24H25FN6O2S. The van der Waals surface area contributed by atoms with E-state index in [1.807, 2.05) is 26.8 Å². The van der Waals surface area contributed by atoms with Gasteiger partial charge in [-0.1, -0.05) is 11.8 Å². The van der Waals surface area contributed by atoms with Crippen LogP contribution in [-0.4, -0.2) is 32.3 Å². The van der Waals surface area contributed by atoms with E-state index >= 15 is 4.39 Å². The van der Waals surface area contributed by atoms with Crippen LogP contribution >= 0.6 is 11.8 Å². The monoisotopic (exact) mass is 480 g/mol. The number of anilines is 1. The Morgan fingerprint density at radius 2 is 2.03 bits per heavy atom. The molecule has 4 rings (SSSR count). The zero-order valence-corrected chi connectivity index (χ0v) is 20.1. The summed E-state index contributed by atoms with van der Waals surface area (Å²) in [4.78, 5) is 34.3. The van der Waals surface area contributed by atoms with Gasteiger partial charge in [0.1, 0.15) is 22.3 Å². The summed E-state index contributed by atoms with van der Waals surface area (Å²) in [5.74, 6) is -1.41. The minimum atomic E-state index is -1.08. The highest BCUT2D eigenvalue weighted by molar-refractivity contribution is 8.15. The number of benzene rings is 1. The molecule has 2 aromatic rings. The van der Waals surface area contributed by atoms with Crippen molar-refractivity contribution in [2.75, 3.05) is 5.32 Å². The van der Waals surface area contributed by atoms with Gasteiger partial charge in [-0.15, -0.1) is 0 Å². The van der Waals surface area contributed by atoms with Crippen LogP contribution in [0.4, 0.5) is 10.1 Å². The Labute approximate surface area is 201 Å². The molecule has 176 valence electrons. The summed E-state index contributed by atoms with van der Waals surface area (Å²) in [7, 11) is 0. The van der Waals surface area contributed by atoms with Crippen LogP contribution in [-0.2, 0) is 10.3 Å². The Balaban J connectivity index is 1.63. The lowest BCUT2D eigenvalue weighted by molar-refractivity contribution is -0.123. The van der Waals surface area contributed by atoms with E-state index in [1.54, 1.807) is 6.92 Å². The number of nitrogens with zero attached hydrogens (tertiary/aromatic N) is 3. The molecule has 3 atom stereocenters. The van der Waals surface area contributed by atoms with Gasteiger partial charge >= 0.3 is 0 Å². The Hall–Kier alpha value is -3.45. The first-order chi connectivity index (χ1) is 15.9. The van der Waals surface area contributed by atoms with Crippen molar-refractivity contribution in [2.45, 2.75) is 49.9 Å². The number of amidine groups is 1. The number of nitrogens with two attached hydrogens (primary N) is 1. The van der Waals surface area contributed by atoms with Crippen molar-refractivity contribution in [1.82, 2.24) is 10.3 Å². The quantitative estimate of drug-likeness (QED) is 0.615. The molecule has 1 aliphatic heterocycles. The molecule has 34 heavy (non-hydrogen) atoms. The lowest BCUT2D eigenvalue weighted by Gasteiger charge is -2.35. The second kappa shape index (κ2) is 8.09. The first-order valence-electron chi connectivity index (χ1n) is 10.7. The van der Waals surface area contributed by atoms with E-state index in [0.29, 0.717) is 17.7 Å². The second-order valence-corrected chi connectivity index (χ2v) is 11.1. The minimum absolute atomic E-state index is 0.118. The third-order valence-electron chi connectivity index (χ3n) is 5.99. The number of nitrogens with one attached hydrogen (secondary N) is 2. The minimum Gasteiger partial charge on any atom is -0.378 e. The zero-order valence-electron chi connectivity index (χ0n) is 19.3. The van der Waals surface area contributed by atoms with Crippen LogP contribution in [0, 0.1) is 23.1 Å². The molecule has 2 aliphatic rings. The summed E-state index contributed by atoms with van der Waals surface area (Å²) < 4.78 is 14.3. The fourth-order valence-corrected chi connectivity index (χ4v) is 5.67. The number of rotatable bonds is 4. The van der Waals surface area contributed by atoms with Crippen LogP contribution in [0.15, 0.2) is 41.5 Å². The van der Waals surface area contributed by atoms with E-state index in [0.717, 1.165) is 0 Å². The molecule has 1 aromatic carbocycles. The normalized spacial score (nSPS) is 25.4. The Bertz CT molecular complexity index is 1250. The number of thioether (sulfide) groups is 1. The number of fused-ring (bicyclic) bond motifs is 1. The van der Waals surface area contributed by atoms with E-state index in [2.05, 4.69) is 20.6 Å². The molecule has 1 aromatic heterocycles. The Morgan fingerprint density at radius 3 is 2.65 bits per heavy atom. The van der Waals surface area contributed by atoms with Crippen molar-refractivity contribution >= 4 is 34.4 Å². The lowest BCUT2D eigenvalue weighted by Crippen LogP contribution is -2.50. The maximum atomic E-state index is 15.1. The molecule has 0 bridgehead atoms. The summed E-state index contributed by atoms with van der Waals surface area (Å²) in [6.45, 7) is 7.47. The smallest absolute Gasteiger partial charge is 0.274 e. The average Bonchev–Trinajstić information content (AvgIpc) is 3.51. The fourth-order valence-electron chi connectivity index (χ4n) is 4.30. The molecule has 1 saturated carbocycles. The van der Waals surface area contributed by atoms with Gasteiger partial charge in [-0.3, -0.25) is 14.6 Å². The van der Waals surface area contributed by atoms with E-state index in [1.165, 1.54) is 48.3 Å². The Kier molecular flexibility index (Phi) is 5.64. The molecule has 2 amide bonds. The van der Waals surface area contributed by atoms with E-state index in [4.69, 9.17) is 11.0 Å². The van der Waals surface area contributed by atoms with Gasteiger partial charge in [0.05, 0.1) is 11.1 Å². The van der Waals surface area contributed by atoms with Crippen molar-refractivity contribution in [3.05, 3.63) is 59.2 Å². The van der Waals surface area contributed by atoms with Crippen molar-refractivity contribution in [3.8, 4) is 6.07 Å². The van der Waals surface area contributed by atoms with Gasteiger partial charge in [0.2, 0.25) is 5.91 Å². The lowest BCUT2D eigenvalue weighted by atomic mass is 9.85. The van der Waals surface area contributed by atoms with Crippen molar-refractivity contribution in [3.63, 3.8) is 0 Å². The third-order valence-corrected chi connectivity index (χ3v) is 7.29. The van der Waals surface area contributed by atoms with Gasteiger partial charge in [-0.25, -0.2) is 9.37 Å². The van der Waals surface area contributed by atoms with Gasteiger partial charge < -0.3 is 16.4 Å². The van der Waals surface area contributed by atoms with Crippen molar-refractivity contribution in [2.24, 2.45) is 16.6 Å². The van der Waals surface area contributed by atoms with E-state index in [9.17, 15) is 9.59 Å². The summed E-state index contributed by atoms with van der Waals surface area (Å²) in [6, 6.07) is 9.10. The SMILES string of the molecule is CC(C)(C)NC(=O)[C@]12C[C@H]1[C@@](C)(c1cc(NC(=O)c3ccc(C#N)cn3)ccc1F)N=C(N)S2. The molecule has 0 saturated heterocycles. The number of pyridine rings is 1. The predicted molar refractivity (Wildman–Crippen MR) is 129 cm³/mol. The molecule has 0 unspecified atom stereocenters. The first kappa shape index (κ1) is 23.7. The number of carbonyl (C=O) groups excluding carboxylic acids is 2. The molecule has 8 nitrogen and oxygen atoms in total.